The Bertz CT molecular complexity index is 454. The van der Waals surface area contributed by atoms with E-state index in [4.69, 9.17) is 6.42 Å². The molecular formula is C12H13FN2O2. The van der Waals surface area contributed by atoms with Crippen LogP contribution in [0.25, 0.3) is 0 Å². The number of nitrogens with zero attached hydrogens (tertiary/aromatic N) is 1. The van der Waals surface area contributed by atoms with E-state index in [9.17, 15) is 14.5 Å². The topological polar surface area (TPSA) is 55.2 Å². The third-order valence-electron chi connectivity index (χ3n) is 2.30. The monoisotopic (exact) mass is 236 g/mol. The molecule has 1 aromatic rings. The minimum Gasteiger partial charge on any atom is -0.309 e. The molecule has 0 aliphatic carbocycles. The SMILES string of the molecule is C#CCC(C)NCc1cc(F)ccc1[N+](=O)[O-]. The van der Waals surface area contributed by atoms with Crippen LogP contribution in [0.15, 0.2) is 18.2 Å². The molecule has 1 atom stereocenters. The van der Waals surface area contributed by atoms with Gasteiger partial charge in [0.2, 0.25) is 0 Å². The summed E-state index contributed by atoms with van der Waals surface area (Å²) in [5.41, 5.74) is 0.227. The maximum absolute atomic E-state index is 13.0. The first kappa shape index (κ1) is 13.1. The number of halogens is 1. The molecule has 1 N–H and O–H groups in total. The molecule has 0 aliphatic heterocycles. The second kappa shape index (κ2) is 5.97. The zero-order chi connectivity index (χ0) is 12.8. The number of nitrogens with one attached hydrogen (secondary N) is 1. The summed E-state index contributed by atoms with van der Waals surface area (Å²) in [5.74, 6) is 1.99. The molecule has 1 rings (SSSR count). The fourth-order valence-electron chi connectivity index (χ4n) is 1.41. The van der Waals surface area contributed by atoms with Gasteiger partial charge in [0.05, 0.1) is 4.92 Å². The van der Waals surface area contributed by atoms with Crippen LogP contribution in [0, 0.1) is 28.3 Å². The zero-order valence-corrected chi connectivity index (χ0v) is 9.44. The van der Waals surface area contributed by atoms with Gasteiger partial charge in [0, 0.05) is 30.6 Å². The fourth-order valence-corrected chi connectivity index (χ4v) is 1.41. The highest BCUT2D eigenvalue weighted by Gasteiger charge is 2.14. The number of nitro groups is 1. The molecule has 0 amide bonds. The number of nitro benzene ring substituents is 1. The standard InChI is InChI=1S/C12H13FN2O2/c1-3-4-9(2)14-8-10-7-11(13)5-6-12(10)15(16)17/h1,5-7,9,14H,4,8H2,2H3. The Morgan fingerprint density at radius 2 is 2.35 bits per heavy atom. The van der Waals surface area contributed by atoms with Gasteiger partial charge in [-0.05, 0) is 19.1 Å². The van der Waals surface area contributed by atoms with E-state index in [0.717, 1.165) is 18.2 Å². The summed E-state index contributed by atoms with van der Waals surface area (Å²) in [4.78, 5) is 10.2. The van der Waals surface area contributed by atoms with Gasteiger partial charge in [0.25, 0.3) is 5.69 Å². The molecule has 0 bridgehead atoms. The molecule has 1 unspecified atom stereocenters. The second-order valence-electron chi connectivity index (χ2n) is 3.72. The fraction of sp³-hybridized carbons (Fsp3) is 0.333. The third kappa shape index (κ3) is 3.85. The second-order valence-corrected chi connectivity index (χ2v) is 3.72. The van der Waals surface area contributed by atoms with Crippen LogP contribution in [0.4, 0.5) is 10.1 Å². The summed E-state index contributed by atoms with van der Waals surface area (Å²) in [7, 11) is 0. The van der Waals surface area contributed by atoms with E-state index in [0.29, 0.717) is 12.0 Å². The van der Waals surface area contributed by atoms with Crippen LogP contribution in [0.3, 0.4) is 0 Å². The Balaban J connectivity index is 2.79. The maximum Gasteiger partial charge on any atom is 0.274 e. The highest BCUT2D eigenvalue weighted by molar-refractivity contribution is 5.40. The lowest BCUT2D eigenvalue weighted by atomic mass is 10.1. The van der Waals surface area contributed by atoms with E-state index in [1.54, 1.807) is 0 Å². The summed E-state index contributed by atoms with van der Waals surface area (Å²) in [6.07, 6.45) is 5.66. The van der Waals surface area contributed by atoms with Crippen LogP contribution in [0.2, 0.25) is 0 Å². The van der Waals surface area contributed by atoms with Gasteiger partial charge in [0.1, 0.15) is 5.82 Å². The van der Waals surface area contributed by atoms with Gasteiger partial charge < -0.3 is 5.32 Å². The van der Waals surface area contributed by atoms with Crippen LogP contribution in [0.5, 0.6) is 0 Å². The number of hydrogen-bond donors (Lipinski definition) is 1. The van der Waals surface area contributed by atoms with Crippen LogP contribution in [-0.4, -0.2) is 11.0 Å². The Morgan fingerprint density at radius 1 is 1.65 bits per heavy atom. The lowest BCUT2D eigenvalue weighted by molar-refractivity contribution is -0.385. The predicted octanol–water partition coefficient (Wildman–Crippen LogP) is 2.24. The first-order valence-corrected chi connectivity index (χ1v) is 5.14. The van der Waals surface area contributed by atoms with E-state index in [1.807, 2.05) is 6.92 Å². The van der Waals surface area contributed by atoms with Crippen molar-refractivity contribution in [3.63, 3.8) is 0 Å². The van der Waals surface area contributed by atoms with Gasteiger partial charge in [-0.15, -0.1) is 12.3 Å². The van der Waals surface area contributed by atoms with Gasteiger partial charge in [-0.1, -0.05) is 0 Å². The van der Waals surface area contributed by atoms with Gasteiger partial charge >= 0.3 is 0 Å². The molecule has 0 spiro atoms. The van der Waals surface area contributed by atoms with Crippen molar-refractivity contribution in [2.45, 2.75) is 25.9 Å². The van der Waals surface area contributed by atoms with Gasteiger partial charge in [0.15, 0.2) is 0 Å². The average molecular weight is 236 g/mol. The van der Waals surface area contributed by atoms with Gasteiger partial charge in [-0.3, -0.25) is 10.1 Å². The molecule has 0 radical (unpaired) electrons. The van der Waals surface area contributed by atoms with E-state index in [1.165, 1.54) is 0 Å². The number of hydrogen-bond acceptors (Lipinski definition) is 3. The summed E-state index contributed by atoms with van der Waals surface area (Å²) >= 11 is 0. The molecule has 1 aromatic carbocycles. The third-order valence-corrected chi connectivity index (χ3v) is 2.30. The first-order valence-electron chi connectivity index (χ1n) is 5.14. The quantitative estimate of drug-likeness (QED) is 0.484. The van der Waals surface area contributed by atoms with Crippen molar-refractivity contribution in [3.05, 3.63) is 39.7 Å². The van der Waals surface area contributed by atoms with Crippen LogP contribution >= 0.6 is 0 Å². The van der Waals surface area contributed by atoms with Crippen molar-refractivity contribution in [1.82, 2.24) is 5.32 Å². The summed E-state index contributed by atoms with van der Waals surface area (Å²) in [6.45, 7) is 2.09. The van der Waals surface area contributed by atoms with Gasteiger partial charge in [-0.2, -0.15) is 0 Å². The average Bonchev–Trinajstić information content (AvgIpc) is 2.26. The van der Waals surface area contributed by atoms with E-state index >= 15 is 0 Å². The smallest absolute Gasteiger partial charge is 0.274 e. The normalized spacial score (nSPS) is 11.8. The predicted molar refractivity (Wildman–Crippen MR) is 62.8 cm³/mol. The molecule has 0 fully saturated rings. The van der Waals surface area contributed by atoms with E-state index in [-0.39, 0.29) is 18.3 Å². The summed E-state index contributed by atoms with van der Waals surface area (Å²) in [6, 6.07) is 3.43. The molecule has 90 valence electrons. The number of terminal acetylenes is 1. The Labute approximate surface area is 99.0 Å². The number of rotatable bonds is 5. The van der Waals surface area contributed by atoms with Crippen molar-refractivity contribution in [1.29, 1.82) is 0 Å². The van der Waals surface area contributed by atoms with Crippen LogP contribution in [0.1, 0.15) is 18.9 Å². The summed E-state index contributed by atoms with van der Waals surface area (Å²) in [5, 5.41) is 13.7. The highest BCUT2D eigenvalue weighted by atomic mass is 19.1. The van der Waals surface area contributed by atoms with Crippen molar-refractivity contribution >= 4 is 5.69 Å². The van der Waals surface area contributed by atoms with Crippen LogP contribution in [-0.2, 0) is 6.54 Å². The minimum absolute atomic E-state index is 0.0304. The van der Waals surface area contributed by atoms with Crippen molar-refractivity contribution in [2.24, 2.45) is 0 Å². The Hall–Kier alpha value is -1.93. The zero-order valence-electron chi connectivity index (χ0n) is 9.44. The number of benzene rings is 1. The van der Waals surface area contributed by atoms with Crippen molar-refractivity contribution in [3.8, 4) is 12.3 Å². The van der Waals surface area contributed by atoms with Crippen molar-refractivity contribution < 1.29 is 9.31 Å². The molecule has 0 aliphatic rings. The van der Waals surface area contributed by atoms with E-state index in [2.05, 4.69) is 11.2 Å². The molecule has 0 heterocycles. The van der Waals surface area contributed by atoms with E-state index < -0.39 is 10.7 Å². The molecule has 4 nitrogen and oxygen atoms in total. The summed E-state index contributed by atoms with van der Waals surface area (Å²) < 4.78 is 13.0. The molecular weight excluding hydrogens is 223 g/mol. The van der Waals surface area contributed by atoms with Gasteiger partial charge in [-0.25, -0.2) is 4.39 Å². The molecule has 5 heteroatoms. The molecule has 0 saturated carbocycles. The lowest BCUT2D eigenvalue weighted by Crippen LogP contribution is -2.25. The Kier molecular flexibility index (Phi) is 4.61. The molecule has 17 heavy (non-hydrogen) atoms. The molecule has 0 saturated heterocycles. The molecule has 0 aromatic heterocycles. The first-order chi connectivity index (χ1) is 8.04. The van der Waals surface area contributed by atoms with Crippen LogP contribution < -0.4 is 5.32 Å². The Morgan fingerprint density at radius 3 is 2.94 bits per heavy atom. The largest absolute Gasteiger partial charge is 0.309 e. The maximum atomic E-state index is 13.0. The minimum atomic E-state index is -0.525. The highest BCUT2D eigenvalue weighted by Crippen LogP contribution is 2.19. The van der Waals surface area contributed by atoms with Crippen molar-refractivity contribution in [2.75, 3.05) is 0 Å². The lowest BCUT2D eigenvalue weighted by Gasteiger charge is -2.10.